The number of alkyl halides is 3. The molecule has 0 saturated carbocycles. The largest absolute Gasteiger partial charge is 0.439 e. The van der Waals surface area contributed by atoms with Gasteiger partial charge in [-0.25, -0.2) is 42.9 Å². The SMILES string of the molecule is Clc1ccnc(Cl)n1.Cn1cc(-c2nccc(Oc3ccc(F)c(N)c3)n2)cn1.Cn1cc(-c2nccc(Oc3ccc(F)c(NC(=O)Nc4ccc(Cl)c(C(F)(F)F)c4)c3)n2)cn1.Nc1cc(Oc2ccnc(Cl)n2)ccc1F. The third-order valence-electron chi connectivity index (χ3n) is 9.70. The number of aromatic nitrogens is 12. The summed E-state index contributed by atoms with van der Waals surface area (Å²) in [6, 6.07) is 19.8. The number of rotatable bonds is 10. The molecule has 30 heteroatoms. The van der Waals surface area contributed by atoms with Crippen LogP contribution in [0.1, 0.15) is 5.56 Å². The summed E-state index contributed by atoms with van der Waals surface area (Å²) in [5, 5.41) is 12.7. The fourth-order valence-corrected chi connectivity index (χ4v) is 6.83. The van der Waals surface area contributed by atoms with E-state index in [4.69, 9.17) is 72.1 Å². The minimum absolute atomic E-state index is 0.0117. The molecule has 0 saturated heterocycles. The predicted molar refractivity (Wildman–Crippen MR) is 285 cm³/mol. The standard InChI is InChI=1S/C22H15ClF4N6O2.C14H12FN5O.C10H7ClFN3O.C4H2Cl2N2/c1-33-11-12(10-29-33)20-28-7-6-19(32-20)35-14-3-5-17(24)18(9-14)31-21(34)30-13-2-4-16(23)15(8-13)22(25,26)27;1-20-8-9(7-18-20)14-17-5-4-13(19-14)21-10-2-3-11(15)12(16)6-10;11-10-14-4-3-9(15-10)16-6-1-2-7(12)8(13)5-6;5-3-1-2-7-4(6)8-3/h2-11H,1H3,(H2,30,31,34);2-8H,16H2,1H3;1-5H,13H2;1-2H. The van der Waals surface area contributed by atoms with Gasteiger partial charge in [-0.05, 0) is 83.9 Å². The van der Waals surface area contributed by atoms with E-state index in [1.165, 1.54) is 85.3 Å². The van der Waals surface area contributed by atoms with E-state index < -0.39 is 40.2 Å². The first kappa shape index (κ1) is 58.3. The Kier molecular flexibility index (Phi) is 19.5. The number of hydrogen-bond acceptors (Lipinski definition) is 16. The maximum absolute atomic E-state index is 14.3. The van der Waals surface area contributed by atoms with Gasteiger partial charge in [0.25, 0.3) is 0 Å². The van der Waals surface area contributed by atoms with Gasteiger partial charge in [0.05, 0.1) is 51.2 Å². The van der Waals surface area contributed by atoms with Crippen LogP contribution in [0.15, 0.2) is 147 Å². The van der Waals surface area contributed by atoms with Crippen LogP contribution >= 0.6 is 46.4 Å². The van der Waals surface area contributed by atoms with E-state index in [0.717, 1.165) is 17.7 Å². The van der Waals surface area contributed by atoms with Crippen molar-refractivity contribution in [3.05, 3.63) is 190 Å². The lowest BCUT2D eigenvalue weighted by Crippen LogP contribution is -2.20. The number of halogens is 10. The molecule has 0 aliphatic heterocycles. The number of benzene rings is 4. The van der Waals surface area contributed by atoms with Crippen LogP contribution < -0.4 is 36.3 Å². The van der Waals surface area contributed by atoms with Gasteiger partial charge in [-0.1, -0.05) is 23.2 Å². The maximum atomic E-state index is 14.3. The summed E-state index contributed by atoms with van der Waals surface area (Å²) in [4.78, 5) is 43.9. The summed E-state index contributed by atoms with van der Waals surface area (Å²) in [6.07, 6.45) is 8.06. The number of hydrogen-bond donors (Lipinski definition) is 4. The third kappa shape index (κ3) is 17.3. The van der Waals surface area contributed by atoms with Gasteiger partial charge in [-0.3, -0.25) is 9.36 Å². The minimum atomic E-state index is -4.71. The number of carbonyl (C=O) groups excluding carboxylic acids is 1. The van der Waals surface area contributed by atoms with E-state index in [9.17, 15) is 31.1 Å². The number of ether oxygens (including phenoxy) is 3. The fraction of sp³-hybridized carbons (Fsp3) is 0.0600. The molecule has 0 aliphatic carbocycles. The Morgan fingerprint density at radius 2 is 1.01 bits per heavy atom. The van der Waals surface area contributed by atoms with Gasteiger partial charge in [0.15, 0.2) is 11.6 Å². The van der Waals surface area contributed by atoms with E-state index in [1.807, 2.05) is 7.05 Å². The van der Waals surface area contributed by atoms with Gasteiger partial charge in [0.1, 0.15) is 39.9 Å². The number of urea groups is 1. The van der Waals surface area contributed by atoms with Crippen molar-refractivity contribution < 1.29 is 45.3 Å². The zero-order chi connectivity index (χ0) is 57.5. The summed E-state index contributed by atoms with van der Waals surface area (Å²) in [7, 11) is 3.56. The highest BCUT2D eigenvalue weighted by molar-refractivity contribution is 6.32. The second-order valence-corrected chi connectivity index (χ2v) is 17.1. The van der Waals surface area contributed by atoms with Gasteiger partial charge < -0.3 is 36.3 Å². The number of aryl methyl sites for hydroxylation is 2. The first-order valence-corrected chi connectivity index (χ1v) is 23.8. The van der Waals surface area contributed by atoms with Crippen molar-refractivity contribution in [1.82, 2.24) is 59.4 Å². The summed E-state index contributed by atoms with van der Waals surface area (Å²) in [5.41, 5.74) is 10.8. The first-order valence-electron chi connectivity index (χ1n) is 22.3. The molecule has 0 fully saturated rings. The number of carbonyl (C=O) groups is 1. The van der Waals surface area contributed by atoms with Crippen LogP contribution in [0.4, 0.5) is 53.9 Å². The molecule has 410 valence electrons. The number of nitrogens with zero attached hydrogens (tertiary/aromatic N) is 12. The first-order chi connectivity index (χ1) is 38.1. The molecule has 6 N–H and O–H groups in total. The highest BCUT2D eigenvalue weighted by atomic mass is 35.5. The van der Waals surface area contributed by atoms with Crippen LogP contribution in [-0.4, -0.2) is 65.5 Å². The van der Waals surface area contributed by atoms with Gasteiger partial charge in [0.2, 0.25) is 28.2 Å². The van der Waals surface area contributed by atoms with E-state index in [-0.39, 0.29) is 50.8 Å². The molecule has 0 radical (unpaired) electrons. The molecule has 10 aromatic rings. The highest BCUT2D eigenvalue weighted by Gasteiger charge is 2.33. The van der Waals surface area contributed by atoms with Crippen molar-refractivity contribution in [1.29, 1.82) is 0 Å². The molecule has 6 aromatic heterocycles. The number of nitrogens with one attached hydrogen (secondary N) is 2. The quantitative estimate of drug-likeness (QED) is 0.0429. The Bertz CT molecular complexity index is 3750. The number of nitrogens with two attached hydrogens (primary N) is 2. The normalized spacial score (nSPS) is 10.7. The van der Waals surface area contributed by atoms with E-state index in [0.29, 0.717) is 45.8 Å². The molecule has 0 unspecified atom stereocenters. The minimum Gasteiger partial charge on any atom is -0.439 e. The van der Waals surface area contributed by atoms with Crippen molar-refractivity contribution in [2.45, 2.75) is 6.18 Å². The van der Waals surface area contributed by atoms with E-state index in [2.05, 4.69) is 60.7 Å². The lowest BCUT2D eigenvalue weighted by molar-refractivity contribution is -0.137. The third-order valence-corrected chi connectivity index (χ3v) is 10.6. The molecule has 0 spiro atoms. The Morgan fingerprint density at radius 3 is 1.45 bits per heavy atom. The second-order valence-electron chi connectivity index (χ2n) is 15.6. The Labute approximate surface area is 468 Å². The van der Waals surface area contributed by atoms with Crippen LogP contribution in [-0.2, 0) is 20.3 Å². The average molecular weight is 1180 g/mol. The van der Waals surface area contributed by atoms with Gasteiger partial charge in [-0.2, -0.15) is 38.3 Å². The molecule has 0 atom stereocenters. The summed E-state index contributed by atoms with van der Waals surface area (Å²) in [5.74, 6) is 0.782. The van der Waals surface area contributed by atoms with Crippen molar-refractivity contribution in [3.8, 4) is 57.7 Å². The lowest BCUT2D eigenvalue weighted by atomic mass is 10.2. The maximum Gasteiger partial charge on any atom is 0.417 e. The smallest absolute Gasteiger partial charge is 0.417 e. The zero-order valence-electron chi connectivity index (χ0n) is 40.8. The highest BCUT2D eigenvalue weighted by Crippen LogP contribution is 2.36. The Morgan fingerprint density at radius 1 is 0.550 bits per heavy atom. The van der Waals surface area contributed by atoms with Gasteiger partial charge in [0, 0.05) is 93.4 Å². The Balaban J connectivity index is 0.000000173. The van der Waals surface area contributed by atoms with Crippen LogP contribution in [0.25, 0.3) is 22.8 Å². The molecule has 4 aromatic carbocycles. The van der Waals surface area contributed by atoms with Crippen LogP contribution in [0, 0.1) is 17.5 Å². The van der Waals surface area contributed by atoms with E-state index in [1.54, 1.807) is 59.5 Å². The molecule has 10 rings (SSSR count). The number of amides is 2. The summed E-state index contributed by atoms with van der Waals surface area (Å²) in [6.45, 7) is 0. The molecule has 0 aliphatic rings. The summed E-state index contributed by atoms with van der Waals surface area (Å²) >= 11 is 21.9. The van der Waals surface area contributed by atoms with Crippen LogP contribution in [0.2, 0.25) is 20.7 Å². The molecule has 2 amide bonds. The average Bonchev–Trinajstić information content (AvgIpc) is 4.07. The summed E-state index contributed by atoms with van der Waals surface area (Å²) < 4.78 is 99.1. The molecular formula is C50H36Cl4F6N16O4. The van der Waals surface area contributed by atoms with Crippen molar-refractivity contribution in [3.63, 3.8) is 0 Å². The van der Waals surface area contributed by atoms with Gasteiger partial charge in [-0.15, -0.1) is 0 Å². The fourth-order valence-electron chi connectivity index (χ4n) is 6.14. The molecule has 6 heterocycles. The zero-order valence-corrected chi connectivity index (χ0v) is 43.8. The topological polar surface area (TPSA) is 260 Å². The van der Waals surface area contributed by atoms with Crippen LogP contribution in [0.3, 0.4) is 0 Å². The van der Waals surface area contributed by atoms with Crippen LogP contribution in [0.5, 0.6) is 34.9 Å². The number of nitrogen functional groups attached to an aromatic ring is 2. The van der Waals surface area contributed by atoms with Crippen molar-refractivity contribution in [2.75, 3.05) is 22.1 Å². The second kappa shape index (κ2) is 26.8. The van der Waals surface area contributed by atoms with Crippen molar-refractivity contribution in [2.24, 2.45) is 14.1 Å². The lowest BCUT2D eigenvalue weighted by Gasteiger charge is -2.13. The van der Waals surface area contributed by atoms with E-state index >= 15 is 0 Å². The molecule has 0 bridgehead atoms. The Hall–Kier alpha value is -9.37. The molecular weight excluding hydrogens is 1140 g/mol. The molecule has 20 nitrogen and oxygen atoms in total. The monoisotopic (exact) mass is 1180 g/mol. The number of anilines is 4. The molecule has 80 heavy (non-hydrogen) atoms. The predicted octanol–water partition coefficient (Wildman–Crippen LogP) is 12.9. The van der Waals surface area contributed by atoms with Crippen molar-refractivity contribution >= 4 is 75.2 Å². The van der Waals surface area contributed by atoms with Gasteiger partial charge >= 0.3 is 12.2 Å².